The molecule has 19 heavy (non-hydrogen) atoms. The lowest BCUT2D eigenvalue weighted by atomic mass is 9.92. The molecular formula is C15H18O4. The number of rotatable bonds is 3. The average molecular weight is 262 g/mol. The predicted octanol–water partition coefficient (Wildman–Crippen LogP) is 2.46. The van der Waals surface area contributed by atoms with Gasteiger partial charge in [0.1, 0.15) is 11.7 Å². The van der Waals surface area contributed by atoms with Crippen LogP contribution < -0.4 is 0 Å². The molecule has 2 aliphatic heterocycles. The number of hydrogen-bond donors (Lipinski definition) is 0. The molecule has 102 valence electrons. The molecule has 0 aromatic rings. The van der Waals surface area contributed by atoms with Gasteiger partial charge >= 0.3 is 0 Å². The number of hydrogen-bond acceptors (Lipinski definition) is 4. The number of carbonyl (C=O) groups is 2. The van der Waals surface area contributed by atoms with E-state index < -0.39 is 5.60 Å². The average Bonchev–Trinajstić information content (AvgIpc) is 2.57. The summed E-state index contributed by atoms with van der Waals surface area (Å²) in [5.74, 6) is -0.430. The summed E-state index contributed by atoms with van der Waals surface area (Å²) in [5, 5.41) is 0. The van der Waals surface area contributed by atoms with Crippen LogP contribution in [0.5, 0.6) is 0 Å². The Kier molecular flexibility index (Phi) is 3.60. The van der Waals surface area contributed by atoms with Crippen LogP contribution in [-0.2, 0) is 19.1 Å². The third-order valence-corrected chi connectivity index (χ3v) is 3.14. The van der Waals surface area contributed by atoms with Gasteiger partial charge in [0.2, 0.25) is 5.78 Å². The van der Waals surface area contributed by atoms with Gasteiger partial charge in [0.05, 0.1) is 0 Å². The van der Waals surface area contributed by atoms with Crippen LogP contribution in [0.15, 0.2) is 35.8 Å². The summed E-state index contributed by atoms with van der Waals surface area (Å²) in [6.07, 6.45) is 8.13. The van der Waals surface area contributed by atoms with Crippen molar-refractivity contribution in [2.45, 2.75) is 45.3 Å². The summed E-state index contributed by atoms with van der Waals surface area (Å²) in [6, 6.07) is 0. The van der Waals surface area contributed by atoms with Crippen molar-refractivity contribution in [2.24, 2.45) is 0 Å². The summed E-state index contributed by atoms with van der Waals surface area (Å²) in [6.45, 7) is 5.45. The van der Waals surface area contributed by atoms with Gasteiger partial charge in [-0.2, -0.15) is 0 Å². The van der Waals surface area contributed by atoms with E-state index in [-0.39, 0.29) is 35.6 Å². The summed E-state index contributed by atoms with van der Waals surface area (Å²) < 4.78 is 11.0. The largest absolute Gasteiger partial charge is 0.461 e. The molecule has 2 rings (SSSR count). The molecule has 0 bridgehead atoms. The lowest BCUT2D eigenvalue weighted by Gasteiger charge is -2.21. The van der Waals surface area contributed by atoms with E-state index in [2.05, 4.69) is 0 Å². The first-order valence-corrected chi connectivity index (χ1v) is 6.50. The van der Waals surface area contributed by atoms with E-state index in [0.717, 1.165) is 6.42 Å². The third-order valence-electron chi connectivity index (χ3n) is 3.14. The molecule has 0 saturated heterocycles. The maximum absolute atomic E-state index is 12.3. The van der Waals surface area contributed by atoms with Crippen molar-refractivity contribution in [3.8, 4) is 0 Å². The Balaban J connectivity index is 2.22. The first-order chi connectivity index (χ1) is 8.98. The Labute approximate surface area is 112 Å². The number of carbonyl (C=O) groups excluding carboxylic acids is 2. The van der Waals surface area contributed by atoms with Crippen LogP contribution in [0, 0.1) is 0 Å². The van der Waals surface area contributed by atoms with Crippen LogP contribution in [0.4, 0.5) is 0 Å². The highest BCUT2D eigenvalue weighted by Gasteiger charge is 2.50. The van der Waals surface area contributed by atoms with Crippen molar-refractivity contribution in [1.82, 2.24) is 0 Å². The zero-order valence-electron chi connectivity index (χ0n) is 11.4. The van der Waals surface area contributed by atoms with Crippen LogP contribution in [0.25, 0.3) is 0 Å². The minimum Gasteiger partial charge on any atom is -0.461 e. The molecule has 0 saturated carbocycles. The van der Waals surface area contributed by atoms with Crippen LogP contribution in [0.2, 0.25) is 0 Å². The van der Waals surface area contributed by atoms with Crippen LogP contribution in [0.3, 0.4) is 0 Å². The van der Waals surface area contributed by atoms with E-state index in [1.807, 2.05) is 19.1 Å². The molecule has 4 heteroatoms. The molecule has 4 nitrogen and oxygen atoms in total. The van der Waals surface area contributed by atoms with Gasteiger partial charge in [-0.1, -0.05) is 25.2 Å². The molecule has 0 aliphatic carbocycles. The minimum absolute atomic E-state index is 0.0738. The second-order valence-electron chi connectivity index (χ2n) is 4.95. The zero-order chi connectivity index (χ0) is 14.0. The lowest BCUT2D eigenvalue weighted by Crippen LogP contribution is -2.32. The Morgan fingerprint density at radius 1 is 1.37 bits per heavy atom. The van der Waals surface area contributed by atoms with E-state index in [4.69, 9.17) is 9.47 Å². The maximum atomic E-state index is 12.3. The Bertz CT molecular complexity index is 498. The first-order valence-electron chi connectivity index (χ1n) is 6.50. The van der Waals surface area contributed by atoms with Crippen molar-refractivity contribution in [3.63, 3.8) is 0 Å². The minimum atomic E-state index is -1.14. The molecule has 0 aromatic heterocycles. The standard InChI is InChI=1S/C15H18O4/c1-4-5-6-7-8-15(3)13(17)12-11(16)9-10(2)18-14(12)19-15/h5-8,10H,4,9H2,1-3H3/b6-5+,8-7+. The van der Waals surface area contributed by atoms with E-state index >= 15 is 0 Å². The monoisotopic (exact) mass is 262 g/mol. The van der Waals surface area contributed by atoms with Crippen molar-refractivity contribution < 1.29 is 19.1 Å². The second kappa shape index (κ2) is 5.03. The normalized spacial score (nSPS) is 31.0. The van der Waals surface area contributed by atoms with Gasteiger partial charge < -0.3 is 9.47 Å². The van der Waals surface area contributed by atoms with Gasteiger partial charge in [-0.15, -0.1) is 0 Å². The molecule has 2 heterocycles. The van der Waals surface area contributed by atoms with Crippen LogP contribution in [-0.4, -0.2) is 23.3 Å². The van der Waals surface area contributed by atoms with Gasteiger partial charge in [0, 0.05) is 6.42 Å². The summed E-state index contributed by atoms with van der Waals surface area (Å²) >= 11 is 0. The van der Waals surface area contributed by atoms with Crippen LogP contribution in [0.1, 0.15) is 33.6 Å². The van der Waals surface area contributed by atoms with Gasteiger partial charge in [0.25, 0.3) is 5.95 Å². The van der Waals surface area contributed by atoms with Crippen molar-refractivity contribution >= 4 is 11.6 Å². The quantitative estimate of drug-likeness (QED) is 0.579. The molecular weight excluding hydrogens is 244 g/mol. The molecule has 0 aromatic carbocycles. The Morgan fingerprint density at radius 2 is 2.11 bits per heavy atom. The highest BCUT2D eigenvalue weighted by Crippen LogP contribution is 2.37. The zero-order valence-corrected chi connectivity index (χ0v) is 11.4. The lowest BCUT2D eigenvalue weighted by molar-refractivity contribution is -0.128. The first kappa shape index (κ1) is 13.6. The highest BCUT2D eigenvalue weighted by molar-refractivity contribution is 6.25. The molecule has 0 spiro atoms. The van der Waals surface area contributed by atoms with Gasteiger partial charge in [-0.3, -0.25) is 9.59 Å². The predicted molar refractivity (Wildman–Crippen MR) is 70.3 cm³/mol. The van der Waals surface area contributed by atoms with Crippen molar-refractivity contribution in [1.29, 1.82) is 0 Å². The number of allylic oxidation sites excluding steroid dienone is 3. The van der Waals surface area contributed by atoms with E-state index in [1.54, 1.807) is 26.0 Å². The van der Waals surface area contributed by atoms with E-state index in [0.29, 0.717) is 0 Å². The molecule has 0 N–H and O–H groups in total. The number of ether oxygens (including phenoxy) is 2. The molecule has 0 amide bonds. The summed E-state index contributed by atoms with van der Waals surface area (Å²) in [5.41, 5.74) is -1.06. The fourth-order valence-electron chi connectivity index (χ4n) is 2.11. The van der Waals surface area contributed by atoms with E-state index in [9.17, 15) is 9.59 Å². The molecule has 0 fully saturated rings. The van der Waals surface area contributed by atoms with Gasteiger partial charge in [-0.05, 0) is 26.3 Å². The van der Waals surface area contributed by atoms with Crippen molar-refractivity contribution in [3.05, 3.63) is 35.8 Å². The molecule has 2 aliphatic rings. The molecule has 0 radical (unpaired) electrons. The Morgan fingerprint density at radius 3 is 2.79 bits per heavy atom. The second-order valence-corrected chi connectivity index (χ2v) is 4.95. The SMILES string of the molecule is CC/C=C/C=C/C1(C)OC2=C(C(=O)CC(C)O2)C1=O. The summed E-state index contributed by atoms with van der Waals surface area (Å²) in [4.78, 5) is 24.2. The third kappa shape index (κ3) is 2.48. The summed E-state index contributed by atoms with van der Waals surface area (Å²) in [7, 11) is 0. The number of Topliss-reactive ketones (excluding diaryl/α,β-unsaturated/α-hetero) is 2. The fourth-order valence-corrected chi connectivity index (χ4v) is 2.11. The number of ketones is 2. The molecule has 2 unspecified atom stereocenters. The topological polar surface area (TPSA) is 52.6 Å². The van der Waals surface area contributed by atoms with Crippen LogP contribution >= 0.6 is 0 Å². The Hall–Kier alpha value is -1.84. The van der Waals surface area contributed by atoms with Gasteiger partial charge in [-0.25, -0.2) is 0 Å². The highest BCUT2D eigenvalue weighted by atomic mass is 16.7. The van der Waals surface area contributed by atoms with Gasteiger partial charge in [0.15, 0.2) is 11.4 Å². The maximum Gasteiger partial charge on any atom is 0.295 e. The fraction of sp³-hybridized carbons (Fsp3) is 0.467. The molecule has 2 atom stereocenters. The van der Waals surface area contributed by atoms with Crippen molar-refractivity contribution in [2.75, 3.05) is 0 Å². The van der Waals surface area contributed by atoms with E-state index in [1.165, 1.54) is 0 Å². The smallest absolute Gasteiger partial charge is 0.295 e.